The van der Waals surface area contributed by atoms with Crippen LogP contribution < -0.4 is 14.8 Å². The van der Waals surface area contributed by atoms with E-state index in [4.69, 9.17) is 19.2 Å². The summed E-state index contributed by atoms with van der Waals surface area (Å²) >= 11 is 1.48. The molecule has 7 nitrogen and oxygen atoms in total. The van der Waals surface area contributed by atoms with Crippen molar-refractivity contribution in [2.75, 3.05) is 19.5 Å². The lowest BCUT2D eigenvalue weighted by Gasteiger charge is -2.14. The Bertz CT molecular complexity index is 1520. The number of para-hydroxylation sites is 1. The number of nitrogens with zero attached hydrogens (tertiary/aromatic N) is 1. The summed E-state index contributed by atoms with van der Waals surface area (Å²) in [5.41, 5.74) is 4.07. The zero-order valence-electron chi connectivity index (χ0n) is 21.9. The van der Waals surface area contributed by atoms with Crippen LogP contribution in [0.15, 0.2) is 48.5 Å². The number of ether oxygens (including phenoxy) is 3. The number of hydrogen-bond donors (Lipinski definition) is 1. The second kappa shape index (κ2) is 10.8. The maximum Gasteiger partial charge on any atom is 0.341 e. The van der Waals surface area contributed by atoms with Gasteiger partial charge in [-0.25, -0.2) is 9.78 Å². The highest BCUT2D eigenvalue weighted by molar-refractivity contribution is 7.17. The number of hydrogen-bond acceptors (Lipinski definition) is 7. The number of thiophene rings is 1. The number of amides is 1. The Kier molecular flexibility index (Phi) is 7.33. The SMILES string of the molecule is COc1ccc(-c2cc(C(=O)Nc3sc4c(c3C(=O)OC(C)C)CCCC4)c3ccccc3n2)cc1OC. The van der Waals surface area contributed by atoms with Crippen LogP contribution in [0, 0.1) is 0 Å². The van der Waals surface area contributed by atoms with Crippen LogP contribution in [0.2, 0.25) is 0 Å². The van der Waals surface area contributed by atoms with Gasteiger partial charge in [-0.15, -0.1) is 11.3 Å². The maximum atomic E-state index is 13.8. The lowest BCUT2D eigenvalue weighted by Crippen LogP contribution is -2.18. The second-order valence-corrected chi connectivity index (χ2v) is 10.6. The van der Waals surface area contributed by atoms with E-state index in [0.29, 0.717) is 38.8 Å². The van der Waals surface area contributed by atoms with Gasteiger partial charge in [0, 0.05) is 15.8 Å². The standard InChI is InChI=1S/C30H30N2O5S/c1-17(2)37-30(34)27-20-10-6-8-12-26(20)38-29(27)32-28(33)21-16-23(31-22-11-7-5-9-19(21)22)18-13-14-24(35-3)25(15-18)36-4/h5,7,9,11,13-17H,6,8,10,12H2,1-4H3,(H,32,33). The number of carbonyl (C=O) groups excluding carboxylic acids is 2. The molecule has 1 aliphatic rings. The smallest absolute Gasteiger partial charge is 0.341 e. The van der Waals surface area contributed by atoms with E-state index in [1.165, 1.54) is 11.3 Å². The van der Waals surface area contributed by atoms with Crippen LogP contribution in [-0.2, 0) is 17.6 Å². The predicted octanol–water partition coefficient (Wildman–Crippen LogP) is 6.68. The van der Waals surface area contributed by atoms with Crippen LogP contribution >= 0.6 is 11.3 Å². The molecule has 0 radical (unpaired) electrons. The van der Waals surface area contributed by atoms with Crippen LogP contribution in [0.25, 0.3) is 22.2 Å². The minimum Gasteiger partial charge on any atom is -0.493 e. The number of esters is 1. The molecule has 1 amide bonds. The third-order valence-corrected chi connectivity index (χ3v) is 7.79. The summed E-state index contributed by atoms with van der Waals surface area (Å²) in [5, 5.41) is 4.32. The van der Waals surface area contributed by atoms with Crippen molar-refractivity contribution in [2.24, 2.45) is 0 Å². The van der Waals surface area contributed by atoms with Crippen LogP contribution in [0.4, 0.5) is 5.00 Å². The molecule has 38 heavy (non-hydrogen) atoms. The van der Waals surface area contributed by atoms with Crippen LogP contribution in [0.1, 0.15) is 57.8 Å². The molecule has 0 unspecified atom stereocenters. The molecule has 0 bridgehead atoms. The number of pyridine rings is 1. The van der Waals surface area contributed by atoms with Crippen molar-refractivity contribution in [2.45, 2.75) is 45.6 Å². The van der Waals surface area contributed by atoms with Crippen molar-refractivity contribution in [1.82, 2.24) is 4.98 Å². The molecule has 4 aromatic rings. The molecule has 8 heteroatoms. The fraction of sp³-hybridized carbons (Fsp3) is 0.300. The van der Waals surface area contributed by atoms with Gasteiger partial charge in [0.25, 0.3) is 5.91 Å². The Labute approximate surface area is 225 Å². The van der Waals surface area contributed by atoms with E-state index in [1.807, 2.05) is 56.3 Å². The molecule has 2 aromatic carbocycles. The third kappa shape index (κ3) is 4.96. The summed E-state index contributed by atoms with van der Waals surface area (Å²) in [7, 11) is 3.17. The van der Waals surface area contributed by atoms with Gasteiger partial charge in [-0.2, -0.15) is 0 Å². The van der Waals surface area contributed by atoms with Crippen molar-refractivity contribution in [3.63, 3.8) is 0 Å². The van der Waals surface area contributed by atoms with E-state index in [1.54, 1.807) is 20.3 Å². The molecule has 1 N–H and O–H groups in total. The molecular weight excluding hydrogens is 500 g/mol. The lowest BCUT2D eigenvalue weighted by molar-refractivity contribution is 0.0378. The van der Waals surface area contributed by atoms with Crippen LogP contribution in [0.5, 0.6) is 11.5 Å². The van der Waals surface area contributed by atoms with E-state index in [2.05, 4.69) is 5.32 Å². The lowest BCUT2D eigenvalue weighted by atomic mass is 9.95. The minimum atomic E-state index is -0.389. The number of fused-ring (bicyclic) bond motifs is 2. The van der Waals surface area contributed by atoms with E-state index in [0.717, 1.165) is 47.1 Å². The molecule has 0 aliphatic heterocycles. The summed E-state index contributed by atoms with van der Waals surface area (Å²) in [6.07, 6.45) is 3.55. The zero-order chi connectivity index (χ0) is 26.8. The Morgan fingerprint density at radius 2 is 1.74 bits per heavy atom. The van der Waals surface area contributed by atoms with Crippen molar-refractivity contribution in [3.05, 3.63) is 70.1 Å². The molecule has 0 spiro atoms. The van der Waals surface area contributed by atoms with E-state index < -0.39 is 0 Å². The number of aryl methyl sites for hydroxylation is 1. The van der Waals surface area contributed by atoms with Gasteiger partial charge in [0.05, 0.1) is 42.7 Å². The van der Waals surface area contributed by atoms with Gasteiger partial charge >= 0.3 is 5.97 Å². The number of carbonyl (C=O) groups is 2. The van der Waals surface area contributed by atoms with Crippen LogP contribution in [-0.4, -0.2) is 37.2 Å². The largest absolute Gasteiger partial charge is 0.493 e. The normalized spacial score (nSPS) is 12.8. The summed E-state index contributed by atoms with van der Waals surface area (Å²) < 4.78 is 16.4. The fourth-order valence-corrected chi connectivity index (χ4v) is 6.09. The monoisotopic (exact) mass is 530 g/mol. The molecule has 0 saturated heterocycles. The number of benzene rings is 2. The second-order valence-electron chi connectivity index (χ2n) is 9.47. The Morgan fingerprint density at radius 1 is 0.974 bits per heavy atom. The first-order valence-electron chi connectivity index (χ1n) is 12.7. The average molecular weight is 531 g/mol. The number of nitrogens with one attached hydrogen (secondary N) is 1. The Morgan fingerprint density at radius 3 is 2.50 bits per heavy atom. The fourth-order valence-electron chi connectivity index (χ4n) is 4.82. The molecule has 2 aromatic heterocycles. The average Bonchev–Trinajstić information content (AvgIpc) is 3.29. The molecule has 2 heterocycles. The molecule has 0 atom stereocenters. The van der Waals surface area contributed by atoms with E-state index in [9.17, 15) is 9.59 Å². The van der Waals surface area contributed by atoms with Crippen LogP contribution in [0.3, 0.4) is 0 Å². The summed E-state index contributed by atoms with van der Waals surface area (Å²) in [6, 6.07) is 14.8. The molecule has 0 saturated carbocycles. The Balaban J connectivity index is 1.57. The van der Waals surface area contributed by atoms with Crippen molar-refractivity contribution in [1.29, 1.82) is 0 Å². The number of anilines is 1. The predicted molar refractivity (Wildman–Crippen MR) is 150 cm³/mol. The number of rotatable bonds is 7. The molecular formula is C30H30N2O5S. The minimum absolute atomic E-state index is 0.252. The van der Waals surface area contributed by atoms with Crippen molar-refractivity contribution >= 4 is 39.1 Å². The van der Waals surface area contributed by atoms with Crippen molar-refractivity contribution in [3.8, 4) is 22.8 Å². The van der Waals surface area contributed by atoms with Crippen molar-refractivity contribution < 1.29 is 23.8 Å². The van der Waals surface area contributed by atoms with Gasteiger partial charge in [-0.05, 0) is 75.4 Å². The maximum absolute atomic E-state index is 13.8. The van der Waals surface area contributed by atoms with Gasteiger partial charge in [-0.3, -0.25) is 4.79 Å². The van der Waals surface area contributed by atoms with Gasteiger partial charge < -0.3 is 19.5 Å². The topological polar surface area (TPSA) is 86.8 Å². The first-order valence-corrected chi connectivity index (χ1v) is 13.5. The number of aromatic nitrogens is 1. The summed E-state index contributed by atoms with van der Waals surface area (Å²) in [4.78, 5) is 32.9. The summed E-state index contributed by atoms with van der Waals surface area (Å²) in [5.74, 6) is 0.490. The molecule has 0 fully saturated rings. The highest BCUT2D eigenvalue weighted by Crippen LogP contribution is 2.39. The highest BCUT2D eigenvalue weighted by Gasteiger charge is 2.28. The molecule has 196 valence electrons. The van der Waals surface area contributed by atoms with Gasteiger partial charge in [0.1, 0.15) is 5.00 Å². The highest BCUT2D eigenvalue weighted by atomic mass is 32.1. The first kappa shape index (κ1) is 25.7. The van der Waals surface area contributed by atoms with Gasteiger partial charge in [-0.1, -0.05) is 18.2 Å². The third-order valence-electron chi connectivity index (χ3n) is 6.59. The first-order chi connectivity index (χ1) is 18.4. The quantitative estimate of drug-likeness (QED) is 0.268. The molecule has 1 aliphatic carbocycles. The summed E-state index contributed by atoms with van der Waals surface area (Å²) in [6.45, 7) is 3.65. The number of methoxy groups -OCH3 is 2. The van der Waals surface area contributed by atoms with Gasteiger partial charge in [0.15, 0.2) is 11.5 Å². The Hall–Kier alpha value is -3.91. The zero-order valence-corrected chi connectivity index (χ0v) is 22.7. The molecule has 5 rings (SSSR count). The van der Waals surface area contributed by atoms with Gasteiger partial charge in [0.2, 0.25) is 0 Å². The van der Waals surface area contributed by atoms with E-state index >= 15 is 0 Å². The van der Waals surface area contributed by atoms with E-state index in [-0.39, 0.29) is 18.0 Å².